The zero-order valence-corrected chi connectivity index (χ0v) is 18.2. The second kappa shape index (κ2) is 8.53. The van der Waals surface area contributed by atoms with Crippen molar-refractivity contribution in [3.05, 3.63) is 55.5 Å². The summed E-state index contributed by atoms with van der Waals surface area (Å²) in [6, 6.07) is 10.2. The number of benzene rings is 2. The average molecular weight is 516 g/mol. The first-order chi connectivity index (χ1) is 12.9. The van der Waals surface area contributed by atoms with Crippen LogP contribution in [0, 0.1) is 3.57 Å². The maximum atomic E-state index is 12.7. The summed E-state index contributed by atoms with van der Waals surface area (Å²) >= 11 is 8.93. The van der Waals surface area contributed by atoms with Crippen molar-refractivity contribution in [2.24, 2.45) is 0 Å². The Morgan fingerprint density at radius 1 is 1.22 bits per heavy atom. The number of thioether (sulfide) groups is 1. The van der Waals surface area contributed by atoms with Gasteiger partial charge in [-0.25, -0.2) is 4.90 Å². The predicted octanol–water partition coefficient (Wildman–Crippen LogP) is 5.59. The van der Waals surface area contributed by atoms with Crippen molar-refractivity contribution in [3.63, 3.8) is 0 Å². The van der Waals surface area contributed by atoms with E-state index in [9.17, 15) is 9.59 Å². The summed E-state index contributed by atoms with van der Waals surface area (Å²) in [6.45, 7) is 2.42. The second-order valence-electron chi connectivity index (χ2n) is 5.46. The zero-order chi connectivity index (χ0) is 19.6. The average Bonchev–Trinajstić information content (AvgIpc) is 2.91. The van der Waals surface area contributed by atoms with E-state index in [0.717, 1.165) is 25.8 Å². The Hall–Kier alpha value is -1.71. The van der Waals surface area contributed by atoms with Crippen LogP contribution in [0.3, 0.4) is 0 Å². The van der Waals surface area contributed by atoms with E-state index in [1.165, 1.54) is 0 Å². The zero-order valence-electron chi connectivity index (χ0n) is 14.5. The molecule has 1 heterocycles. The summed E-state index contributed by atoms with van der Waals surface area (Å²) < 4.78 is 11.9. The van der Waals surface area contributed by atoms with Gasteiger partial charge in [0.05, 0.1) is 27.9 Å². The van der Waals surface area contributed by atoms with E-state index in [0.29, 0.717) is 33.7 Å². The molecule has 8 heteroatoms. The van der Waals surface area contributed by atoms with Gasteiger partial charge in [0, 0.05) is 5.02 Å². The molecule has 2 amide bonds. The van der Waals surface area contributed by atoms with Gasteiger partial charge in [-0.3, -0.25) is 9.59 Å². The largest absolute Gasteiger partial charge is 0.493 e. The van der Waals surface area contributed by atoms with Gasteiger partial charge in [-0.15, -0.1) is 0 Å². The number of amides is 2. The van der Waals surface area contributed by atoms with Gasteiger partial charge in [-0.05, 0) is 89.3 Å². The molecule has 0 N–H and O–H groups in total. The molecular weight excluding hydrogens is 501 g/mol. The third kappa shape index (κ3) is 4.25. The highest BCUT2D eigenvalue weighted by Gasteiger charge is 2.36. The van der Waals surface area contributed by atoms with Gasteiger partial charge in [0.25, 0.3) is 11.1 Å². The van der Waals surface area contributed by atoms with Crippen LogP contribution in [0.1, 0.15) is 12.5 Å². The first-order valence-electron chi connectivity index (χ1n) is 7.98. The molecule has 140 valence electrons. The molecule has 1 aliphatic heterocycles. The van der Waals surface area contributed by atoms with Crippen molar-refractivity contribution >= 4 is 68.9 Å². The van der Waals surface area contributed by atoms with E-state index in [1.54, 1.807) is 43.5 Å². The molecule has 2 aromatic carbocycles. The Bertz CT molecular complexity index is 930. The van der Waals surface area contributed by atoms with Crippen molar-refractivity contribution in [2.75, 3.05) is 18.6 Å². The number of nitrogens with zero attached hydrogens (tertiary/aromatic N) is 1. The Morgan fingerprint density at radius 2 is 1.93 bits per heavy atom. The molecular formula is C19H15ClINO4S. The van der Waals surface area contributed by atoms with E-state index in [2.05, 4.69) is 22.6 Å². The highest BCUT2D eigenvalue weighted by molar-refractivity contribution is 14.1. The standard InChI is InChI=1S/C19H15ClINO4S/c1-3-26-17-14(21)8-11(9-15(17)25-2)10-16-18(23)22(19(24)27-16)13-6-4-12(20)5-7-13/h4-10H,3H2,1-2H3/b16-10-. The lowest BCUT2D eigenvalue weighted by atomic mass is 10.1. The molecule has 0 atom stereocenters. The van der Waals surface area contributed by atoms with Crippen LogP contribution in [-0.2, 0) is 4.79 Å². The highest BCUT2D eigenvalue weighted by atomic mass is 127. The fourth-order valence-corrected chi connectivity index (χ4v) is 4.29. The van der Waals surface area contributed by atoms with Crippen LogP contribution in [0.4, 0.5) is 10.5 Å². The van der Waals surface area contributed by atoms with Gasteiger partial charge >= 0.3 is 0 Å². The van der Waals surface area contributed by atoms with Crippen LogP contribution in [0.2, 0.25) is 5.02 Å². The SMILES string of the molecule is CCOc1c(I)cc(/C=C2\SC(=O)N(c3ccc(Cl)cc3)C2=O)cc1OC. The fraction of sp³-hybridized carbons (Fsp3) is 0.158. The molecule has 0 saturated carbocycles. The maximum Gasteiger partial charge on any atom is 0.298 e. The fourth-order valence-electron chi connectivity index (χ4n) is 2.54. The molecule has 3 rings (SSSR count). The van der Waals surface area contributed by atoms with Crippen LogP contribution in [0.25, 0.3) is 6.08 Å². The predicted molar refractivity (Wildman–Crippen MR) is 117 cm³/mol. The molecule has 0 spiro atoms. The van der Waals surface area contributed by atoms with Crippen molar-refractivity contribution in [1.82, 2.24) is 0 Å². The van der Waals surface area contributed by atoms with Crippen molar-refractivity contribution < 1.29 is 19.1 Å². The van der Waals surface area contributed by atoms with Gasteiger partial charge in [0.1, 0.15) is 0 Å². The van der Waals surface area contributed by atoms with E-state index in [-0.39, 0.29) is 11.1 Å². The lowest BCUT2D eigenvalue weighted by Gasteiger charge is -2.13. The van der Waals surface area contributed by atoms with Gasteiger partial charge in [0.2, 0.25) is 0 Å². The van der Waals surface area contributed by atoms with Crippen LogP contribution >= 0.6 is 46.0 Å². The van der Waals surface area contributed by atoms with E-state index in [4.69, 9.17) is 21.1 Å². The number of hydrogen-bond donors (Lipinski definition) is 0. The molecule has 27 heavy (non-hydrogen) atoms. The summed E-state index contributed by atoms with van der Waals surface area (Å²) in [5.74, 6) is 0.870. The van der Waals surface area contributed by atoms with Gasteiger partial charge in [-0.2, -0.15) is 0 Å². The molecule has 1 aliphatic rings. The van der Waals surface area contributed by atoms with Crippen molar-refractivity contribution in [3.8, 4) is 11.5 Å². The third-order valence-corrected chi connectivity index (χ3v) is 5.64. The first-order valence-corrected chi connectivity index (χ1v) is 10.3. The molecule has 0 radical (unpaired) electrons. The molecule has 1 fully saturated rings. The lowest BCUT2D eigenvalue weighted by Crippen LogP contribution is -2.27. The minimum absolute atomic E-state index is 0.344. The Kier molecular flexibility index (Phi) is 6.33. The summed E-state index contributed by atoms with van der Waals surface area (Å²) in [7, 11) is 1.56. The quantitative estimate of drug-likeness (QED) is 0.384. The number of ether oxygens (including phenoxy) is 2. The number of imide groups is 1. The summed E-state index contributed by atoms with van der Waals surface area (Å²) in [4.78, 5) is 26.6. The molecule has 0 aromatic heterocycles. The molecule has 0 unspecified atom stereocenters. The summed E-state index contributed by atoms with van der Waals surface area (Å²) in [6.07, 6.45) is 1.68. The number of halogens is 2. The summed E-state index contributed by atoms with van der Waals surface area (Å²) in [5, 5.41) is 0.193. The minimum Gasteiger partial charge on any atom is -0.493 e. The Labute approximate surface area is 179 Å². The highest BCUT2D eigenvalue weighted by Crippen LogP contribution is 2.38. The van der Waals surface area contributed by atoms with Crippen LogP contribution < -0.4 is 14.4 Å². The van der Waals surface area contributed by atoms with Crippen molar-refractivity contribution in [1.29, 1.82) is 0 Å². The number of methoxy groups -OCH3 is 1. The topological polar surface area (TPSA) is 55.8 Å². The molecule has 0 bridgehead atoms. The number of anilines is 1. The molecule has 2 aromatic rings. The normalized spacial score (nSPS) is 15.6. The molecule has 0 aliphatic carbocycles. The smallest absolute Gasteiger partial charge is 0.298 e. The Balaban J connectivity index is 1.94. The second-order valence-corrected chi connectivity index (χ2v) is 8.05. The number of carbonyl (C=O) groups is 2. The van der Waals surface area contributed by atoms with E-state index in [1.807, 2.05) is 13.0 Å². The maximum absolute atomic E-state index is 12.7. The molecule has 5 nitrogen and oxygen atoms in total. The van der Waals surface area contributed by atoms with Crippen LogP contribution in [0.15, 0.2) is 41.3 Å². The van der Waals surface area contributed by atoms with Crippen LogP contribution in [-0.4, -0.2) is 24.9 Å². The van der Waals surface area contributed by atoms with E-state index < -0.39 is 0 Å². The van der Waals surface area contributed by atoms with Gasteiger partial charge in [0.15, 0.2) is 11.5 Å². The third-order valence-electron chi connectivity index (χ3n) is 3.72. The van der Waals surface area contributed by atoms with Crippen LogP contribution in [0.5, 0.6) is 11.5 Å². The van der Waals surface area contributed by atoms with Gasteiger partial charge in [-0.1, -0.05) is 11.6 Å². The number of carbonyl (C=O) groups excluding carboxylic acids is 2. The number of rotatable bonds is 5. The van der Waals surface area contributed by atoms with E-state index >= 15 is 0 Å². The lowest BCUT2D eigenvalue weighted by molar-refractivity contribution is -0.113. The molecule has 1 saturated heterocycles. The first kappa shape index (κ1) is 20.0. The number of hydrogen-bond acceptors (Lipinski definition) is 5. The Morgan fingerprint density at radius 3 is 2.56 bits per heavy atom. The van der Waals surface area contributed by atoms with Crippen molar-refractivity contribution in [2.45, 2.75) is 6.92 Å². The minimum atomic E-state index is -0.366. The monoisotopic (exact) mass is 515 g/mol. The van der Waals surface area contributed by atoms with Gasteiger partial charge < -0.3 is 9.47 Å². The summed E-state index contributed by atoms with van der Waals surface area (Å²) in [5.41, 5.74) is 1.24.